The summed E-state index contributed by atoms with van der Waals surface area (Å²) in [7, 11) is 1.57. The molecule has 5 heteroatoms. The molecule has 0 spiro atoms. The fraction of sp³-hybridized carbons (Fsp3) is 0.250. The molecule has 0 amide bonds. The Bertz CT molecular complexity index is 713. The van der Waals surface area contributed by atoms with E-state index in [0.29, 0.717) is 24.3 Å². The predicted molar refractivity (Wildman–Crippen MR) is 93.2 cm³/mol. The average molecular weight is 344 g/mol. The quantitative estimate of drug-likeness (QED) is 0.395. The number of carbonyl (C=O) groups excluding carboxylic acids is 1. The lowest BCUT2D eigenvalue weighted by atomic mass is 10.1. The van der Waals surface area contributed by atoms with E-state index in [1.807, 2.05) is 30.3 Å². The fourth-order valence-corrected chi connectivity index (χ4v) is 2.10. The lowest BCUT2D eigenvalue weighted by molar-refractivity contribution is -0.137. The highest BCUT2D eigenvalue weighted by Gasteiger charge is 2.13. The molecule has 2 aromatic carbocycles. The van der Waals surface area contributed by atoms with Gasteiger partial charge in [-0.15, -0.1) is 0 Å². The summed E-state index contributed by atoms with van der Waals surface area (Å²) in [6.45, 7) is 4.82. The van der Waals surface area contributed by atoms with Gasteiger partial charge in [0.15, 0.2) is 0 Å². The van der Waals surface area contributed by atoms with Crippen LogP contribution in [0.15, 0.2) is 55.1 Å². The number of hydrogen-bond acceptors (Lipinski definition) is 4. The maximum absolute atomic E-state index is 14.1. The van der Waals surface area contributed by atoms with Crippen molar-refractivity contribution in [1.29, 1.82) is 0 Å². The molecule has 25 heavy (non-hydrogen) atoms. The first kappa shape index (κ1) is 18.8. The van der Waals surface area contributed by atoms with Gasteiger partial charge in [-0.05, 0) is 17.2 Å². The van der Waals surface area contributed by atoms with Crippen molar-refractivity contribution in [1.82, 2.24) is 0 Å². The average Bonchev–Trinajstić information content (AvgIpc) is 2.64. The molecule has 0 fully saturated rings. The van der Waals surface area contributed by atoms with E-state index in [2.05, 4.69) is 6.58 Å². The van der Waals surface area contributed by atoms with Crippen LogP contribution in [0.3, 0.4) is 0 Å². The van der Waals surface area contributed by atoms with Crippen LogP contribution in [-0.2, 0) is 32.2 Å². The van der Waals surface area contributed by atoms with E-state index in [9.17, 15) is 9.18 Å². The van der Waals surface area contributed by atoms with Crippen LogP contribution >= 0.6 is 0 Å². The highest BCUT2D eigenvalue weighted by molar-refractivity contribution is 6.15. The van der Waals surface area contributed by atoms with Gasteiger partial charge in [0.25, 0.3) is 0 Å². The monoisotopic (exact) mass is 344 g/mol. The standard InChI is InChI=1S/C20H21FO4/c1-15(20(22)25-13-16-6-4-3-5-7-16)17-8-9-18(19(21)12-17)14-24-11-10-23-2/h3-9,12H,1,10-11,13-14H2,2H3. The molecule has 0 saturated heterocycles. The molecule has 0 unspecified atom stereocenters. The molecule has 2 aromatic rings. The zero-order valence-electron chi connectivity index (χ0n) is 14.2. The molecule has 0 N–H and O–H groups in total. The van der Waals surface area contributed by atoms with Crippen LogP contribution < -0.4 is 0 Å². The SMILES string of the molecule is C=C(C(=O)OCc1ccccc1)c1ccc(COCCOC)c(F)c1. The molecule has 0 saturated carbocycles. The van der Waals surface area contributed by atoms with E-state index in [1.54, 1.807) is 19.2 Å². The minimum atomic E-state index is -0.577. The molecular weight excluding hydrogens is 323 g/mol. The van der Waals surface area contributed by atoms with Crippen molar-refractivity contribution < 1.29 is 23.4 Å². The minimum absolute atomic E-state index is 0.113. The summed E-state index contributed by atoms with van der Waals surface area (Å²) >= 11 is 0. The Labute approximate surface area is 146 Å². The third-order valence-corrected chi connectivity index (χ3v) is 3.55. The number of benzene rings is 2. The number of hydrogen-bond donors (Lipinski definition) is 0. The topological polar surface area (TPSA) is 44.8 Å². The Hall–Kier alpha value is -2.50. The van der Waals surface area contributed by atoms with E-state index < -0.39 is 11.8 Å². The van der Waals surface area contributed by atoms with Crippen molar-refractivity contribution in [3.63, 3.8) is 0 Å². The normalized spacial score (nSPS) is 10.5. The molecule has 0 aliphatic carbocycles. The maximum atomic E-state index is 14.1. The van der Waals surface area contributed by atoms with Crippen LogP contribution in [0.5, 0.6) is 0 Å². The van der Waals surface area contributed by atoms with Crippen molar-refractivity contribution in [3.05, 3.63) is 77.6 Å². The number of rotatable bonds is 9. The van der Waals surface area contributed by atoms with Gasteiger partial charge < -0.3 is 14.2 Å². The minimum Gasteiger partial charge on any atom is -0.457 e. The first-order valence-electron chi connectivity index (χ1n) is 7.87. The Morgan fingerprint density at radius 2 is 1.84 bits per heavy atom. The zero-order chi connectivity index (χ0) is 18.1. The molecular formula is C20H21FO4. The van der Waals surface area contributed by atoms with E-state index in [0.717, 1.165) is 5.56 Å². The molecule has 0 aliphatic rings. The lowest BCUT2D eigenvalue weighted by Crippen LogP contribution is -2.07. The van der Waals surface area contributed by atoms with Gasteiger partial charge in [0.1, 0.15) is 12.4 Å². The van der Waals surface area contributed by atoms with Crippen LogP contribution in [0.4, 0.5) is 4.39 Å². The summed E-state index contributed by atoms with van der Waals surface area (Å²) < 4.78 is 29.5. The second-order valence-corrected chi connectivity index (χ2v) is 5.39. The molecule has 0 aliphatic heterocycles. The summed E-state index contributed by atoms with van der Waals surface area (Å²) in [5, 5.41) is 0. The van der Waals surface area contributed by atoms with E-state index in [-0.39, 0.29) is 18.8 Å². The summed E-state index contributed by atoms with van der Waals surface area (Å²) in [5.74, 6) is -1.03. The van der Waals surface area contributed by atoms with E-state index >= 15 is 0 Å². The largest absolute Gasteiger partial charge is 0.457 e. The second-order valence-electron chi connectivity index (χ2n) is 5.39. The maximum Gasteiger partial charge on any atom is 0.338 e. The molecule has 2 rings (SSSR count). The van der Waals surface area contributed by atoms with Crippen LogP contribution in [0.2, 0.25) is 0 Å². The van der Waals surface area contributed by atoms with Crippen LogP contribution in [0.25, 0.3) is 5.57 Å². The third kappa shape index (κ3) is 5.81. The van der Waals surface area contributed by atoms with Crippen LogP contribution in [0.1, 0.15) is 16.7 Å². The third-order valence-electron chi connectivity index (χ3n) is 3.55. The van der Waals surface area contributed by atoms with Crippen LogP contribution in [0, 0.1) is 5.82 Å². The molecule has 0 bridgehead atoms. The number of esters is 1. The first-order chi connectivity index (χ1) is 12.1. The van der Waals surface area contributed by atoms with E-state index in [4.69, 9.17) is 14.2 Å². The van der Waals surface area contributed by atoms with Gasteiger partial charge in [0, 0.05) is 12.7 Å². The van der Waals surface area contributed by atoms with Gasteiger partial charge in [0.05, 0.1) is 25.4 Å². The fourth-order valence-electron chi connectivity index (χ4n) is 2.10. The number of ether oxygens (including phenoxy) is 3. The van der Waals surface area contributed by atoms with Gasteiger partial charge in [-0.3, -0.25) is 0 Å². The summed E-state index contributed by atoms with van der Waals surface area (Å²) in [6.07, 6.45) is 0. The van der Waals surface area contributed by atoms with Crippen molar-refractivity contribution in [2.45, 2.75) is 13.2 Å². The van der Waals surface area contributed by atoms with Gasteiger partial charge >= 0.3 is 5.97 Å². The predicted octanol–water partition coefficient (Wildman–Crippen LogP) is 3.75. The number of carbonyl (C=O) groups is 1. The van der Waals surface area contributed by atoms with Crippen molar-refractivity contribution in [2.24, 2.45) is 0 Å². The Morgan fingerprint density at radius 1 is 1.08 bits per heavy atom. The molecule has 0 heterocycles. The molecule has 0 aromatic heterocycles. The second kappa shape index (κ2) is 9.71. The summed E-state index contributed by atoms with van der Waals surface area (Å²) in [5.41, 5.74) is 1.78. The van der Waals surface area contributed by atoms with Crippen LogP contribution in [-0.4, -0.2) is 26.3 Å². The van der Waals surface area contributed by atoms with Gasteiger partial charge in [-0.1, -0.05) is 49.0 Å². The summed E-state index contributed by atoms with van der Waals surface area (Å²) in [6, 6.07) is 13.8. The number of halogens is 1. The van der Waals surface area contributed by atoms with Crippen molar-refractivity contribution in [2.75, 3.05) is 20.3 Å². The molecule has 0 radical (unpaired) electrons. The smallest absolute Gasteiger partial charge is 0.338 e. The Kier molecular flexibility index (Phi) is 7.32. The molecule has 4 nitrogen and oxygen atoms in total. The van der Waals surface area contributed by atoms with Crippen molar-refractivity contribution in [3.8, 4) is 0 Å². The number of methoxy groups -OCH3 is 1. The Balaban J connectivity index is 1.92. The van der Waals surface area contributed by atoms with E-state index in [1.165, 1.54) is 6.07 Å². The highest BCUT2D eigenvalue weighted by Crippen LogP contribution is 2.19. The van der Waals surface area contributed by atoms with Gasteiger partial charge in [0.2, 0.25) is 0 Å². The van der Waals surface area contributed by atoms with Gasteiger partial charge in [-0.25, -0.2) is 9.18 Å². The zero-order valence-corrected chi connectivity index (χ0v) is 14.2. The molecule has 0 atom stereocenters. The molecule has 132 valence electrons. The summed E-state index contributed by atoms with van der Waals surface area (Å²) in [4.78, 5) is 12.1. The van der Waals surface area contributed by atoms with Gasteiger partial charge in [-0.2, -0.15) is 0 Å². The highest BCUT2D eigenvalue weighted by atomic mass is 19.1. The van der Waals surface area contributed by atoms with Crippen molar-refractivity contribution >= 4 is 11.5 Å². The first-order valence-corrected chi connectivity index (χ1v) is 7.87. The lowest BCUT2D eigenvalue weighted by Gasteiger charge is -2.10. The Morgan fingerprint density at radius 3 is 2.52 bits per heavy atom.